The molecule has 0 heterocycles. The minimum absolute atomic E-state index is 0.527. The first-order valence-electron chi connectivity index (χ1n) is 6.78. The second-order valence-electron chi connectivity index (χ2n) is 4.69. The van der Waals surface area contributed by atoms with Gasteiger partial charge in [-0.25, -0.2) is 0 Å². The first-order valence-corrected chi connectivity index (χ1v) is 7.83. The van der Waals surface area contributed by atoms with Crippen molar-refractivity contribution in [2.45, 2.75) is 31.1 Å². The van der Waals surface area contributed by atoms with Crippen LogP contribution in [0.25, 0.3) is 0 Å². The van der Waals surface area contributed by atoms with Gasteiger partial charge in [-0.1, -0.05) is 31.2 Å². The number of thioether (sulfide) groups is 1. The monoisotopic (exact) mass is 265 g/mol. The molecule has 0 amide bonds. The van der Waals surface area contributed by atoms with E-state index in [2.05, 4.69) is 48.3 Å². The van der Waals surface area contributed by atoms with E-state index in [1.54, 1.807) is 7.11 Å². The van der Waals surface area contributed by atoms with Crippen molar-refractivity contribution in [2.24, 2.45) is 0 Å². The van der Waals surface area contributed by atoms with E-state index in [1.165, 1.54) is 23.3 Å². The van der Waals surface area contributed by atoms with E-state index < -0.39 is 0 Å². The third-order valence-corrected chi connectivity index (χ3v) is 4.82. The SMILES string of the molecule is CCNC1c2ccccc2CC1SCCCOC. The van der Waals surface area contributed by atoms with Crippen LogP contribution in [-0.2, 0) is 11.2 Å². The summed E-state index contributed by atoms with van der Waals surface area (Å²) in [7, 11) is 1.78. The number of nitrogens with one attached hydrogen (secondary N) is 1. The number of fused-ring (bicyclic) bond motifs is 1. The van der Waals surface area contributed by atoms with Crippen molar-refractivity contribution in [3.05, 3.63) is 35.4 Å². The Morgan fingerprint density at radius 1 is 1.39 bits per heavy atom. The Hall–Kier alpha value is -0.510. The van der Waals surface area contributed by atoms with Crippen LogP contribution in [0.3, 0.4) is 0 Å². The van der Waals surface area contributed by atoms with Gasteiger partial charge in [-0.3, -0.25) is 0 Å². The average Bonchev–Trinajstić information content (AvgIpc) is 2.74. The van der Waals surface area contributed by atoms with Gasteiger partial charge in [0.2, 0.25) is 0 Å². The van der Waals surface area contributed by atoms with E-state index in [-0.39, 0.29) is 0 Å². The molecule has 100 valence electrons. The summed E-state index contributed by atoms with van der Waals surface area (Å²) in [6.45, 7) is 4.10. The molecule has 0 aromatic heterocycles. The molecule has 3 heteroatoms. The summed E-state index contributed by atoms with van der Waals surface area (Å²) < 4.78 is 5.11. The van der Waals surface area contributed by atoms with Crippen LogP contribution in [-0.4, -0.2) is 31.3 Å². The summed E-state index contributed by atoms with van der Waals surface area (Å²) in [6, 6.07) is 9.38. The average molecular weight is 265 g/mol. The van der Waals surface area contributed by atoms with E-state index in [0.29, 0.717) is 11.3 Å². The van der Waals surface area contributed by atoms with Crippen LogP contribution in [0.4, 0.5) is 0 Å². The molecule has 2 atom stereocenters. The zero-order valence-electron chi connectivity index (χ0n) is 11.3. The van der Waals surface area contributed by atoms with Crippen LogP contribution < -0.4 is 5.32 Å². The molecule has 0 fully saturated rings. The third-order valence-electron chi connectivity index (χ3n) is 3.43. The molecular formula is C15H23NOS. The van der Waals surface area contributed by atoms with Gasteiger partial charge < -0.3 is 10.1 Å². The minimum atomic E-state index is 0.527. The van der Waals surface area contributed by atoms with Gasteiger partial charge in [0, 0.05) is 25.0 Å². The molecule has 2 unspecified atom stereocenters. The van der Waals surface area contributed by atoms with Crippen molar-refractivity contribution in [1.82, 2.24) is 5.32 Å². The fraction of sp³-hybridized carbons (Fsp3) is 0.600. The molecule has 0 aliphatic heterocycles. The van der Waals surface area contributed by atoms with Crippen LogP contribution in [0.1, 0.15) is 30.5 Å². The summed E-state index contributed by atoms with van der Waals surface area (Å²) in [5.41, 5.74) is 3.02. The Morgan fingerprint density at radius 3 is 3.00 bits per heavy atom. The number of ether oxygens (including phenoxy) is 1. The quantitative estimate of drug-likeness (QED) is 0.766. The number of methoxy groups -OCH3 is 1. The van der Waals surface area contributed by atoms with Crippen LogP contribution in [0, 0.1) is 0 Å². The molecule has 0 bridgehead atoms. The summed E-state index contributed by atoms with van der Waals surface area (Å²) in [6.07, 6.45) is 2.35. The van der Waals surface area contributed by atoms with Gasteiger partial charge >= 0.3 is 0 Å². The van der Waals surface area contributed by atoms with Crippen molar-refractivity contribution in [3.63, 3.8) is 0 Å². The molecule has 1 N–H and O–H groups in total. The molecule has 0 saturated carbocycles. The lowest BCUT2D eigenvalue weighted by Gasteiger charge is -2.21. The smallest absolute Gasteiger partial charge is 0.0470 e. The molecule has 0 saturated heterocycles. The van der Waals surface area contributed by atoms with E-state index in [4.69, 9.17) is 4.74 Å². The fourth-order valence-electron chi connectivity index (χ4n) is 2.61. The van der Waals surface area contributed by atoms with Gasteiger partial charge in [0.1, 0.15) is 0 Å². The van der Waals surface area contributed by atoms with Crippen molar-refractivity contribution < 1.29 is 4.74 Å². The molecule has 0 spiro atoms. The molecule has 0 radical (unpaired) electrons. The lowest BCUT2D eigenvalue weighted by Crippen LogP contribution is -2.27. The summed E-state index contributed by atoms with van der Waals surface area (Å²) >= 11 is 2.09. The second kappa shape index (κ2) is 7.17. The Kier molecular flexibility index (Phi) is 5.54. The number of hydrogen-bond donors (Lipinski definition) is 1. The molecule has 1 aliphatic carbocycles. The van der Waals surface area contributed by atoms with Crippen LogP contribution in [0.5, 0.6) is 0 Å². The van der Waals surface area contributed by atoms with Crippen molar-refractivity contribution >= 4 is 11.8 Å². The number of hydrogen-bond acceptors (Lipinski definition) is 3. The molecular weight excluding hydrogens is 242 g/mol. The Morgan fingerprint density at radius 2 is 2.22 bits per heavy atom. The first kappa shape index (κ1) is 13.9. The third kappa shape index (κ3) is 3.28. The molecule has 18 heavy (non-hydrogen) atoms. The maximum absolute atomic E-state index is 5.11. The van der Waals surface area contributed by atoms with Crippen LogP contribution >= 0.6 is 11.8 Å². The van der Waals surface area contributed by atoms with Crippen LogP contribution in [0.15, 0.2) is 24.3 Å². The van der Waals surface area contributed by atoms with E-state index in [1.807, 2.05) is 0 Å². The van der Waals surface area contributed by atoms with Crippen molar-refractivity contribution in [1.29, 1.82) is 0 Å². The lowest BCUT2D eigenvalue weighted by atomic mass is 10.1. The van der Waals surface area contributed by atoms with Gasteiger partial charge in [-0.15, -0.1) is 0 Å². The number of rotatable bonds is 7. The molecule has 2 rings (SSSR count). The highest BCUT2D eigenvalue weighted by Crippen LogP contribution is 2.38. The van der Waals surface area contributed by atoms with E-state index in [9.17, 15) is 0 Å². The van der Waals surface area contributed by atoms with Crippen molar-refractivity contribution in [3.8, 4) is 0 Å². The maximum Gasteiger partial charge on any atom is 0.0470 e. The minimum Gasteiger partial charge on any atom is -0.385 e. The second-order valence-corrected chi connectivity index (χ2v) is 6.04. The standard InChI is InChI=1S/C15H23NOS/c1-3-16-15-13-8-5-4-7-12(13)11-14(15)18-10-6-9-17-2/h4-5,7-8,14-16H,3,6,9-11H2,1-2H3. The number of benzene rings is 1. The Bertz CT molecular complexity index is 369. The van der Waals surface area contributed by atoms with Crippen molar-refractivity contribution in [2.75, 3.05) is 26.0 Å². The van der Waals surface area contributed by atoms with Gasteiger partial charge in [0.25, 0.3) is 0 Å². The largest absolute Gasteiger partial charge is 0.385 e. The highest BCUT2D eigenvalue weighted by molar-refractivity contribution is 7.99. The molecule has 1 aromatic carbocycles. The summed E-state index contributed by atoms with van der Waals surface area (Å²) in [5, 5.41) is 4.32. The topological polar surface area (TPSA) is 21.3 Å². The fourth-order valence-corrected chi connectivity index (χ4v) is 3.93. The predicted molar refractivity (Wildman–Crippen MR) is 79.3 cm³/mol. The lowest BCUT2D eigenvalue weighted by molar-refractivity contribution is 0.200. The van der Waals surface area contributed by atoms with Gasteiger partial charge in [-0.2, -0.15) is 11.8 Å². The van der Waals surface area contributed by atoms with Gasteiger partial charge in [0.05, 0.1) is 0 Å². The zero-order valence-corrected chi connectivity index (χ0v) is 12.1. The Labute approximate surface area is 114 Å². The summed E-state index contributed by atoms with van der Waals surface area (Å²) in [4.78, 5) is 0. The predicted octanol–water partition coefficient (Wildman–Crippen LogP) is 3.03. The van der Waals surface area contributed by atoms with Crippen LogP contribution in [0.2, 0.25) is 0 Å². The maximum atomic E-state index is 5.11. The highest BCUT2D eigenvalue weighted by Gasteiger charge is 2.31. The Balaban J connectivity index is 1.95. The van der Waals surface area contributed by atoms with Gasteiger partial charge in [0.15, 0.2) is 0 Å². The molecule has 2 nitrogen and oxygen atoms in total. The van der Waals surface area contributed by atoms with E-state index in [0.717, 1.165) is 19.6 Å². The highest BCUT2D eigenvalue weighted by atomic mass is 32.2. The molecule has 1 aliphatic rings. The normalized spacial score (nSPS) is 22.1. The van der Waals surface area contributed by atoms with E-state index >= 15 is 0 Å². The first-order chi connectivity index (χ1) is 8.86. The zero-order chi connectivity index (χ0) is 12.8. The van der Waals surface area contributed by atoms with Gasteiger partial charge in [-0.05, 0) is 36.3 Å². The molecule has 1 aromatic rings. The summed E-state index contributed by atoms with van der Waals surface area (Å²) in [5.74, 6) is 1.19.